The van der Waals surface area contributed by atoms with Crippen molar-refractivity contribution in [2.75, 3.05) is 6.54 Å². The van der Waals surface area contributed by atoms with E-state index in [0.29, 0.717) is 30.6 Å². The Kier molecular flexibility index (Phi) is 7.09. The highest BCUT2D eigenvalue weighted by atomic mass is 79.9. The Hall–Kier alpha value is -2.88. The Morgan fingerprint density at radius 2 is 1.77 bits per heavy atom. The summed E-state index contributed by atoms with van der Waals surface area (Å²) in [5.41, 5.74) is 0.842. The summed E-state index contributed by atoms with van der Waals surface area (Å²) in [5, 5.41) is 6.89. The molecule has 0 radical (unpaired) electrons. The first-order chi connectivity index (χ1) is 14.3. The van der Waals surface area contributed by atoms with Crippen molar-refractivity contribution in [2.45, 2.75) is 19.6 Å². The third-order valence-corrected chi connectivity index (χ3v) is 4.53. The molecule has 0 aliphatic rings. The number of nitrogens with one attached hydrogen (secondary N) is 1. The molecule has 0 aliphatic heterocycles. The highest BCUT2D eigenvalue weighted by Gasteiger charge is 2.20. The molecule has 5 nitrogen and oxygen atoms in total. The molecule has 30 heavy (non-hydrogen) atoms. The molecule has 2 aromatic carbocycles. The van der Waals surface area contributed by atoms with E-state index in [1.807, 2.05) is 6.20 Å². The first kappa shape index (κ1) is 21.8. The van der Waals surface area contributed by atoms with Crippen LogP contribution in [0.4, 0.5) is 17.6 Å². The number of benzene rings is 2. The minimum atomic E-state index is -1.60. The molecule has 0 atom stereocenters. The van der Waals surface area contributed by atoms with Crippen molar-refractivity contribution in [3.05, 3.63) is 81.6 Å². The summed E-state index contributed by atoms with van der Waals surface area (Å²) in [7, 11) is 0. The minimum Gasteiger partial charge on any atom is -0.483 e. The van der Waals surface area contributed by atoms with Gasteiger partial charge in [-0.2, -0.15) is 13.9 Å². The smallest absolute Gasteiger partial charge is 0.251 e. The molecule has 0 bridgehead atoms. The lowest BCUT2D eigenvalue weighted by Gasteiger charge is -2.10. The molecule has 1 aromatic heterocycles. The van der Waals surface area contributed by atoms with Crippen molar-refractivity contribution in [2.24, 2.45) is 0 Å². The first-order valence-electron chi connectivity index (χ1n) is 8.86. The highest BCUT2D eigenvalue weighted by Crippen LogP contribution is 2.27. The summed E-state index contributed by atoms with van der Waals surface area (Å²) in [6.07, 6.45) is 4.20. The maximum absolute atomic E-state index is 13.6. The van der Waals surface area contributed by atoms with Crippen LogP contribution in [0, 0.1) is 23.3 Å². The second kappa shape index (κ2) is 9.75. The Balaban J connectivity index is 1.50. The van der Waals surface area contributed by atoms with Gasteiger partial charge < -0.3 is 10.1 Å². The summed E-state index contributed by atoms with van der Waals surface area (Å²) in [6.45, 7) is 0.763. The van der Waals surface area contributed by atoms with Crippen LogP contribution in [0.3, 0.4) is 0 Å². The average Bonchev–Trinajstić information content (AvgIpc) is 3.15. The van der Waals surface area contributed by atoms with Gasteiger partial charge in [-0.3, -0.25) is 9.48 Å². The van der Waals surface area contributed by atoms with E-state index in [9.17, 15) is 22.4 Å². The van der Waals surface area contributed by atoms with E-state index in [0.717, 1.165) is 4.47 Å². The average molecular weight is 486 g/mol. The van der Waals surface area contributed by atoms with Gasteiger partial charge in [0.25, 0.3) is 5.91 Å². The molecule has 1 amide bonds. The first-order valence-corrected chi connectivity index (χ1v) is 9.65. The number of aryl methyl sites for hydroxylation is 1. The van der Waals surface area contributed by atoms with Gasteiger partial charge in [0.05, 0.1) is 10.7 Å². The van der Waals surface area contributed by atoms with E-state index in [-0.39, 0.29) is 18.6 Å². The fourth-order valence-electron chi connectivity index (χ4n) is 2.59. The predicted molar refractivity (Wildman–Crippen MR) is 104 cm³/mol. The van der Waals surface area contributed by atoms with Gasteiger partial charge in [0.15, 0.2) is 17.4 Å². The van der Waals surface area contributed by atoms with E-state index in [1.54, 1.807) is 10.9 Å². The molecule has 0 unspecified atom stereocenters. The van der Waals surface area contributed by atoms with Crippen LogP contribution in [-0.4, -0.2) is 22.2 Å². The second-order valence-corrected chi connectivity index (χ2v) is 7.23. The normalized spacial score (nSPS) is 10.8. The quantitative estimate of drug-likeness (QED) is 0.288. The lowest BCUT2D eigenvalue weighted by atomic mass is 10.1. The van der Waals surface area contributed by atoms with Crippen molar-refractivity contribution in [3.63, 3.8) is 0 Å². The topological polar surface area (TPSA) is 56.2 Å². The van der Waals surface area contributed by atoms with Gasteiger partial charge in [-0.1, -0.05) is 12.1 Å². The third-order valence-electron chi connectivity index (χ3n) is 4.12. The van der Waals surface area contributed by atoms with Gasteiger partial charge >= 0.3 is 0 Å². The lowest BCUT2D eigenvalue weighted by Crippen LogP contribution is -2.25. The SMILES string of the molecule is O=C(NCCCn1cc(Br)cn1)c1ccc(COc2c(F)c(F)cc(F)c2F)cc1. The molecular formula is C20H16BrF4N3O2. The molecule has 0 aliphatic carbocycles. The van der Waals surface area contributed by atoms with Gasteiger partial charge in [0, 0.05) is 30.9 Å². The molecule has 0 fully saturated rings. The standard InChI is InChI=1S/C20H16BrF4N3O2/c21-14-9-27-28(10-14)7-1-6-26-20(29)13-4-2-12(3-5-13)11-30-19-17(24)15(22)8-16(23)18(19)25/h2-5,8-10H,1,6-7,11H2,(H,26,29). The largest absolute Gasteiger partial charge is 0.483 e. The number of amides is 1. The lowest BCUT2D eigenvalue weighted by molar-refractivity contribution is 0.0952. The van der Waals surface area contributed by atoms with Gasteiger partial charge in [-0.25, -0.2) is 8.78 Å². The Labute approximate surface area is 177 Å². The number of hydrogen-bond acceptors (Lipinski definition) is 3. The highest BCUT2D eigenvalue weighted by molar-refractivity contribution is 9.10. The zero-order chi connectivity index (χ0) is 21.7. The number of rotatable bonds is 8. The number of ether oxygens (including phenoxy) is 1. The summed E-state index contributed by atoms with van der Waals surface area (Å²) in [5.74, 6) is -7.71. The van der Waals surface area contributed by atoms with Crippen molar-refractivity contribution < 1.29 is 27.1 Å². The Morgan fingerprint density at radius 1 is 1.10 bits per heavy atom. The number of nitrogens with zero attached hydrogens (tertiary/aromatic N) is 2. The van der Waals surface area contributed by atoms with Crippen LogP contribution < -0.4 is 10.1 Å². The van der Waals surface area contributed by atoms with Gasteiger partial charge in [-0.15, -0.1) is 0 Å². The number of hydrogen-bond donors (Lipinski definition) is 1. The molecule has 1 heterocycles. The number of aromatic nitrogens is 2. The van der Waals surface area contributed by atoms with Crippen LogP contribution in [0.25, 0.3) is 0 Å². The molecule has 0 saturated carbocycles. The van der Waals surface area contributed by atoms with Crippen molar-refractivity contribution >= 4 is 21.8 Å². The second-order valence-electron chi connectivity index (χ2n) is 6.31. The van der Waals surface area contributed by atoms with E-state index in [4.69, 9.17) is 4.74 Å². The van der Waals surface area contributed by atoms with Crippen molar-refractivity contribution in [1.29, 1.82) is 0 Å². The molecule has 0 spiro atoms. The monoisotopic (exact) mass is 485 g/mol. The van der Waals surface area contributed by atoms with Crippen LogP contribution in [0.5, 0.6) is 5.75 Å². The van der Waals surface area contributed by atoms with Crippen molar-refractivity contribution in [3.8, 4) is 5.75 Å². The van der Waals surface area contributed by atoms with Gasteiger partial charge in [-0.05, 0) is 40.0 Å². The fourth-order valence-corrected chi connectivity index (χ4v) is 2.92. The van der Waals surface area contributed by atoms with E-state index in [2.05, 4.69) is 26.3 Å². The van der Waals surface area contributed by atoms with E-state index >= 15 is 0 Å². The van der Waals surface area contributed by atoms with Crippen LogP contribution in [0.1, 0.15) is 22.3 Å². The van der Waals surface area contributed by atoms with Crippen LogP contribution in [-0.2, 0) is 13.2 Å². The predicted octanol–water partition coefficient (Wildman–Crippen LogP) is 4.60. The number of halogens is 5. The minimum absolute atomic E-state index is 0.110. The van der Waals surface area contributed by atoms with Gasteiger partial charge in [0.2, 0.25) is 11.6 Å². The van der Waals surface area contributed by atoms with Crippen molar-refractivity contribution in [1.82, 2.24) is 15.1 Å². The Bertz CT molecular complexity index is 1020. The van der Waals surface area contributed by atoms with E-state index < -0.39 is 29.0 Å². The van der Waals surface area contributed by atoms with Gasteiger partial charge in [0.1, 0.15) is 6.61 Å². The summed E-state index contributed by atoms with van der Waals surface area (Å²) >= 11 is 3.31. The van der Waals surface area contributed by atoms with Crippen LogP contribution in [0.2, 0.25) is 0 Å². The molecule has 158 valence electrons. The maximum Gasteiger partial charge on any atom is 0.251 e. The zero-order valence-electron chi connectivity index (χ0n) is 15.5. The molecular weight excluding hydrogens is 470 g/mol. The third kappa shape index (κ3) is 5.38. The van der Waals surface area contributed by atoms with Crippen LogP contribution >= 0.6 is 15.9 Å². The Morgan fingerprint density at radius 3 is 2.37 bits per heavy atom. The molecule has 10 heteroatoms. The summed E-state index contributed by atoms with van der Waals surface area (Å²) < 4.78 is 61.1. The van der Waals surface area contributed by atoms with E-state index in [1.165, 1.54) is 24.3 Å². The maximum atomic E-state index is 13.6. The molecule has 3 rings (SSSR count). The molecule has 1 N–H and O–H groups in total. The molecule has 3 aromatic rings. The fraction of sp³-hybridized carbons (Fsp3) is 0.200. The summed E-state index contributed by atoms with van der Waals surface area (Å²) in [6, 6.07) is 6.16. The number of carbonyl (C=O) groups is 1. The summed E-state index contributed by atoms with van der Waals surface area (Å²) in [4.78, 5) is 12.2. The number of carbonyl (C=O) groups excluding carboxylic acids is 1. The molecule has 0 saturated heterocycles. The zero-order valence-corrected chi connectivity index (χ0v) is 17.1. The van der Waals surface area contributed by atoms with Crippen LogP contribution in [0.15, 0.2) is 47.2 Å².